The van der Waals surface area contributed by atoms with Gasteiger partial charge in [-0.1, -0.05) is 23.5 Å². The van der Waals surface area contributed by atoms with E-state index < -0.39 is 10.0 Å². The highest BCUT2D eigenvalue weighted by atomic mass is 32.2. The summed E-state index contributed by atoms with van der Waals surface area (Å²) in [4.78, 5) is 13.2. The molecular weight excluding hydrogens is 541 g/mol. The van der Waals surface area contributed by atoms with Crippen LogP contribution in [0.4, 0.5) is 9.52 Å². The van der Waals surface area contributed by atoms with Gasteiger partial charge in [0.25, 0.3) is 10.0 Å². The van der Waals surface area contributed by atoms with Crippen LogP contribution >= 0.6 is 11.3 Å². The van der Waals surface area contributed by atoms with E-state index in [0.717, 1.165) is 49.1 Å². The topological polar surface area (TPSA) is 95.8 Å². The number of sulfonamides is 1. The Labute approximate surface area is 232 Å². The quantitative estimate of drug-likeness (QED) is 0.458. The first kappa shape index (κ1) is 26.8. The number of hydrogen-bond acceptors (Lipinski definition) is 9. The lowest BCUT2D eigenvalue weighted by Gasteiger charge is -2.41. The molecule has 0 aliphatic carbocycles. The Bertz CT molecular complexity index is 1370. The molecular formula is C26H34FN7O3S2. The molecule has 1 N–H and O–H groups in total. The average Bonchev–Trinajstić information content (AvgIpc) is 3.64. The molecule has 210 valence electrons. The second-order valence-corrected chi connectivity index (χ2v) is 13.5. The Balaban J connectivity index is 1.06. The zero-order valence-corrected chi connectivity index (χ0v) is 23.6. The van der Waals surface area contributed by atoms with Crippen molar-refractivity contribution in [3.63, 3.8) is 0 Å². The average molecular weight is 576 g/mol. The summed E-state index contributed by atoms with van der Waals surface area (Å²) >= 11 is 1.26. The molecule has 0 spiro atoms. The van der Waals surface area contributed by atoms with Crippen LogP contribution in [0.25, 0.3) is 0 Å². The number of anilines is 1. The molecule has 0 bridgehead atoms. The maximum Gasteiger partial charge on any atom is 0.254 e. The van der Waals surface area contributed by atoms with Crippen molar-refractivity contribution in [2.75, 3.05) is 57.3 Å². The summed E-state index contributed by atoms with van der Waals surface area (Å²) in [6.45, 7) is 7.99. The third-order valence-corrected chi connectivity index (χ3v) is 11.4. The summed E-state index contributed by atoms with van der Waals surface area (Å²) < 4.78 is 50.1. The molecule has 0 radical (unpaired) electrons. The Morgan fingerprint density at radius 2 is 1.95 bits per heavy atom. The number of thiazole rings is 1. The summed E-state index contributed by atoms with van der Waals surface area (Å²) in [5.74, 6) is -0.254. The second-order valence-electron chi connectivity index (χ2n) is 10.4. The fraction of sp³-hybridized carbons (Fsp3) is 0.538. The van der Waals surface area contributed by atoms with Gasteiger partial charge >= 0.3 is 0 Å². The lowest BCUT2D eigenvalue weighted by atomic mass is 10.0. The van der Waals surface area contributed by atoms with Crippen LogP contribution < -0.4 is 10.2 Å². The first-order valence-electron chi connectivity index (χ1n) is 13.4. The van der Waals surface area contributed by atoms with Gasteiger partial charge in [-0.15, -0.1) is 0 Å². The first-order chi connectivity index (χ1) is 18.9. The molecule has 3 saturated heterocycles. The second kappa shape index (κ2) is 11.2. The highest BCUT2D eigenvalue weighted by molar-refractivity contribution is 7.91. The molecule has 13 heteroatoms. The Kier molecular flexibility index (Phi) is 7.71. The van der Waals surface area contributed by atoms with Crippen LogP contribution in [-0.4, -0.2) is 96.7 Å². The molecule has 6 rings (SSSR count). The minimum absolute atomic E-state index is 0.0116. The number of piperazine rings is 1. The summed E-state index contributed by atoms with van der Waals surface area (Å²) in [6, 6.07) is 6.79. The van der Waals surface area contributed by atoms with Gasteiger partial charge in [-0.25, -0.2) is 22.8 Å². The van der Waals surface area contributed by atoms with E-state index in [1.165, 1.54) is 29.7 Å². The van der Waals surface area contributed by atoms with Crippen LogP contribution in [0.1, 0.15) is 30.6 Å². The van der Waals surface area contributed by atoms with Crippen LogP contribution in [-0.2, 0) is 21.3 Å². The minimum atomic E-state index is -3.60. The summed E-state index contributed by atoms with van der Waals surface area (Å²) in [5, 5.41) is 4.26. The lowest BCUT2D eigenvalue weighted by molar-refractivity contribution is -0.0134. The zero-order chi connectivity index (χ0) is 27.0. The monoisotopic (exact) mass is 575 g/mol. The summed E-state index contributed by atoms with van der Waals surface area (Å²) in [7, 11) is -3.60. The van der Waals surface area contributed by atoms with Gasteiger partial charge in [-0.05, 0) is 31.0 Å². The van der Waals surface area contributed by atoms with Gasteiger partial charge in [0.2, 0.25) is 0 Å². The van der Waals surface area contributed by atoms with Gasteiger partial charge in [-0.3, -0.25) is 4.90 Å². The number of fused-ring (bicyclic) bond motifs is 1. The number of piperidine rings is 1. The number of imidazole rings is 1. The van der Waals surface area contributed by atoms with Crippen LogP contribution in [0.5, 0.6) is 0 Å². The molecule has 1 aromatic carbocycles. The molecule has 3 aliphatic rings. The molecule has 0 amide bonds. The highest BCUT2D eigenvalue weighted by Crippen LogP contribution is 2.31. The van der Waals surface area contributed by atoms with Crippen LogP contribution in [0.2, 0.25) is 0 Å². The van der Waals surface area contributed by atoms with Crippen LogP contribution in [0.3, 0.4) is 0 Å². The van der Waals surface area contributed by atoms with Gasteiger partial charge in [-0.2, -0.15) is 4.31 Å². The molecule has 39 heavy (non-hydrogen) atoms. The molecule has 0 saturated carbocycles. The first-order valence-corrected chi connectivity index (χ1v) is 15.7. The molecule has 2 aromatic heterocycles. The predicted octanol–water partition coefficient (Wildman–Crippen LogP) is 2.16. The summed E-state index contributed by atoms with van der Waals surface area (Å²) in [5.41, 5.74) is 2.04. The van der Waals surface area contributed by atoms with E-state index in [-0.39, 0.29) is 24.0 Å². The lowest BCUT2D eigenvalue weighted by Crippen LogP contribution is -2.58. The molecule has 3 aliphatic heterocycles. The third-order valence-electron chi connectivity index (χ3n) is 7.96. The number of benzene rings is 1. The van der Waals surface area contributed by atoms with E-state index in [4.69, 9.17) is 4.74 Å². The van der Waals surface area contributed by atoms with E-state index in [9.17, 15) is 12.8 Å². The van der Waals surface area contributed by atoms with E-state index in [2.05, 4.69) is 36.6 Å². The fourth-order valence-corrected chi connectivity index (χ4v) is 8.39. The number of halogens is 1. The fourth-order valence-electron chi connectivity index (χ4n) is 5.66. The number of nitrogens with zero attached hydrogens (tertiary/aromatic N) is 6. The summed E-state index contributed by atoms with van der Waals surface area (Å²) in [6.07, 6.45) is 6.28. The predicted molar refractivity (Wildman–Crippen MR) is 147 cm³/mol. The molecule has 3 aromatic rings. The van der Waals surface area contributed by atoms with Gasteiger partial charge in [0.15, 0.2) is 9.34 Å². The Morgan fingerprint density at radius 1 is 1.15 bits per heavy atom. The standard InChI is InChI=1S/C26H34FN7O3S2/c1-19(20-2-4-21(27)5-3-20)34-18-28-14-22(34)16-31-9-11-33(12-10-31)39(35,36)25-15-30-26(38-25)32-8-6-24-23(17-32)29-7-13-37-24/h2-5,14-15,18-19,23-24,29H,6-13,16-17H2,1H3/t19-,23+,24+/m1/s1. The molecule has 3 fully saturated rings. The number of morpholine rings is 1. The SMILES string of the molecule is C[C@H](c1ccc(F)cc1)n1cncc1CN1CCN(S(=O)(=O)c2cnc(N3CC[C@@H]4OCCN[C@H]4C3)s2)CC1. The number of ether oxygens (including phenoxy) is 1. The number of nitrogens with one attached hydrogen (secondary N) is 1. The van der Waals surface area contributed by atoms with Crippen molar-refractivity contribution in [2.24, 2.45) is 0 Å². The maximum absolute atomic E-state index is 13.4. The smallest absolute Gasteiger partial charge is 0.254 e. The van der Waals surface area contributed by atoms with Crippen molar-refractivity contribution in [1.29, 1.82) is 0 Å². The van der Waals surface area contributed by atoms with Gasteiger partial charge in [0.1, 0.15) is 5.82 Å². The van der Waals surface area contributed by atoms with Crippen LogP contribution in [0.15, 0.2) is 47.2 Å². The van der Waals surface area contributed by atoms with E-state index in [1.807, 2.05) is 6.20 Å². The number of rotatable bonds is 7. The minimum Gasteiger partial charge on any atom is -0.375 e. The molecule has 5 heterocycles. The molecule has 3 atom stereocenters. The van der Waals surface area contributed by atoms with Gasteiger partial charge < -0.3 is 19.5 Å². The molecule has 0 unspecified atom stereocenters. The Morgan fingerprint density at radius 3 is 2.74 bits per heavy atom. The largest absolute Gasteiger partial charge is 0.375 e. The van der Waals surface area contributed by atoms with Crippen molar-refractivity contribution < 1.29 is 17.5 Å². The van der Waals surface area contributed by atoms with Crippen molar-refractivity contribution in [2.45, 2.75) is 42.3 Å². The van der Waals surface area contributed by atoms with Crippen LogP contribution in [0, 0.1) is 5.82 Å². The van der Waals surface area contributed by atoms with Gasteiger partial charge in [0, 0.05) is 58.6 Å². The third kappa shape index (κ3) is 5.61. The van der Waals surface area contributed by atoms with Gasteiger partial charge in [0.05, 0.1) is 43.0 Å². The number of hydrogen-bond donors (Lipinski definition) is 1. The van der Waals surface area contributed by atoms with Crippen molar-refractivity contribution >= 4 is 26.5 Å². The van der Waals surface area contributed by atoms with E-state index >= 15 is 0 Å². The Hall–Kier alpha value is -2.42. The van der Waals surface area contributed by atoms with Crippen molar-refractivity contribution in [1.82, 2.24) is 29.1 Å². The zero-order valence-electron chi connectivity index (χ0n) is 21.9. The normalized spacial score (nSPS) is 24.0. The van der Waals surface area contributed by atoms with E-state index in [0.29, 0.717) is 36.9 Å². The maximum atomic E-state index is 13.4. The van der Waals surface area contributed by atoms with Crippen molar-refractivity contribution in [3.8, 4) is 0 Å². The molecule has 10 nitrogen and oxygen atoms in total. The van der Waals surface area contributed by atoms with E-state index in [1.54, 1.807) is 22.8 Å². The van der Waals surface area contributed by atoms with Crippen molar-refractivity contribution in [3.05, 3.63) is 60.1 Å². The highest BCUT2D eigenvalue weighted by Gasteiger charge is 2.35. The number of aromatic nitrogens is 3.